The van der Waals surface area contributed by atoms with E-state index in [4.69, 9.17) is 9.47 Å². The van der Waals surface area contributed by atoms with Gasteiger partial charge in [-0.1, -0.05) is 0 Å². The summed E-state index contributed by atoms with van der Waals surface area (Å²) in [5.74, 6) is -0.648. The number of amides is 1. The number of piperidine rings is 1. The van der Waals surface area contributed by atoms with E-state index in [-0.39, 0.29) is 18.1 Å². The maximum atomic E-state index is 11.2. The number of aliphatic hydroxyl groups is 1. The van der Waals surface area contributed by atoms with Crippen molar-refractivity contribution in [3.63, 3.8) is 0 Å². The molecule has 0 bridgehead atoms. The molecular weight excluding hydrogens is 198 g/mol. The molecule has 2 heterocycles. The van der Waals surface area contributed by atoms with E-state index in [9.17, 15) is 9.90 Å². The quantitative estimate of drug-likeness (QED) is 0.634. The van der Waals surface area contributed by atoms with Crippen LogP contribution in [0.2, 0.25) is 0 Å². The van der Waals surface area contributed by atoms with Crippen LogP contribution >= 0.6 is 0 Å². The van der Waals surface area contributed by atoms with Crippen LogP contribution in [0.3, 0.4) is 0 Å². The fraction of sp³-hybridized carbons (Fsp3) is 0.900. The lowest BCUT2D eigenvalue weighted by molar-refractivity contribution is -0.150. The number of hydrogen-bond donors (Lipinski definition) is 2. The lowest BCUT2D eigenvalue weighted by Crippen LogP contribution is -2.55. The van der Waals surface area contributed by atoms with Crippen LogP contribution in [0.1, 0.15) is 26.7 Å². The van der Waals surface area contributed by atoms with Crippen molar-refractivity contribution in [3.05, 3.63) is 0 Å². The van der Waals surface area contributed by atoms with Gasteiger partial charge in [-0.05, 0) is 20.3 Å². The molecule has 1 amide bonds. The van der Waals surface area contributed by atoms with E-state index in [1.807, 2.05) is 13.8 Å². The van der Waals surface area contributed by atoms with E-state index in [1.54, 1.807) is 0 Å². The molecule has 0 aromatic carbocycles. The SMILES string of the molecule is CC1(C)OC[C@H]([C@@H]2NC(=O)CC[C@@H]2O)O1. The van der Waals surface area contributed by atoms with Crippen molar-refractivity contribution in [1.82, 2.24) is 5.32 Å². The molecule has 15 heavy (non-hydrogen) atoms. The number of aliphatic hydroxyl groups excluding tert-OH is 1. The Morgan fingerprint density at radius 2 is 2.27 bits per heavy atom. The lowest BCUT2D eigenvalue weighted by atomic mass is 9.96. The molecule has 2 aliphatic heterocycles. The second kappa shape index (κ2) is 3.73. The molecule has 86 valence electrons. The van der Waals surface area contributed by atoms with Crippen LogP contribution in [-0.2, 0) is 14.3 Å². The van der Waals surface area contributed by atoms with Gasteiger partial charge in [-0.2, -0.15) is 0 Å². The zero-order chi connectivity index (χ0) is 11.1. The summed E-state index contributed by atoms with van der Waals surface area (Å²) in [5, 5.41) is 12.5. The van der Waals surface area contributed by atoms with Crippen LogP contribution in [0.25, 0.3) is 0 Å². The summed E-state index contributed by atoms with van der Waals surface area (Å²) in [5.41, 5.74) is 0. The van der Waals surface area contributed by atoms with Crippen LogP contribution < -0.4 is 5.32 Å². The third kappa shape index (κ3) is 2.30. The van der Waals surface area contributed by atoms with Crippen LogP contribution in [0, 0.1) is 0 Å². The largest absolute Gasteiger partial charge is 0.391 e. The van der Waals surface area contributed by atoms with E-state index < -0.39 is 11.9 Å². The summed E-state index contributed by atoms with van der Waals surface area (Å²) in [6, 6.07) is -0.340. The van der Waals surface area contributed by atoms with Gasteiger partial charge in [0, 0.05) is 6.42 Å². The predicted molar refractivity (Wildman–Crippen MR) is 52.1 cm³/mol. The van der Waals surface area contributed by atoms with Crippen molar-refractivity contribution in [1.29, 1.82) is 0 Å². The van der Waals surface area contributed by atoms with Crippen LogP contribution in [0.5, 0.6) is 0 Å². The zero-order valence-electron chi connectivity index (χ0n) is 9.03. The monoisotopic (exact) mass is 215 g/mol. The Kier molecular flexibility index (Phi) is 2.70. The number of rotatable bonds is 1. The average Bonchev–Trinajstić information content (AvgIpc) is 2.50. The molecule has 5 nitrogen and oxygen atoms in total. The summed E-state index contributed by atoms with van der Waals surface area (Å²) in [6.45, 7) is 4.06. The molecule has 0 radical (unpaired) electrons. The first kappa shape index (κ1) is 10.9. The van der Waals surface area contributed by atoms with Gasteiger partial charge in [0.15, 0.2) is 5.79 Å². The smallest absolute Gasteiger partial charge is 0.220 e. The van der Waals surface area contributed by atoms with Crippen molar-refractivity contribution >= 4 is 5.91 Å². The summed E-state index contributed by atoms with van der Waals surface area (Å²) in [6.07, 6.45) is 0.0928. The highest BCUT2D eigenvalue weighted by Crippen LogP contribution is 2.27. The maximum absolute atomic E-state index is 11.2. The Morgan fingerprint density at radius 3 is 2.87 bits per heavy atom. The first-order chi connectivity index (χ1) is 6.98. The molecule has 0 aliphatic carbocycles. The lowest BCUT2D eigenvalue weighted by Gasteiger charge is -2.32. The molecule has 0 aromatic rings. The molecule has 2 fully saturated rings. The predicted octanol–water partition coefficient (Wildman–Crippen LogP) is -0.223. The summed E-state index contributed by atoms with van der Waals surface area (Å²) in [4.78, 5) is 11.2. The molecule has 2 N–H and O–H groups in total. The van der Waals surface area contributed by atoms with E-state index in [0.29, 0.717) is 19.4 Å². The van der Waals surface area contributed by atoms with Gasteiger partial charge in [-0.25, -0.2) is 0 Å². The molecule has 0 saturated carbocycles. The fourth-order valence-corrected chi connectivity index (χ4v) is 2.05. The van der Waals surface area contributed by atoms with Crippen molar-refractivity contribution < 1.29 is 19.4 Å². The minimum atomic E-state index is -0.618. The van der Waals surface area contributed by atoms with E-state index >= 15 is 0 Å². The average molecular weight is 215 g/mol. The van der Waals surface area contributed by atoms with Gasteiger partial charge >= 0.3 is 0 Å². The third-order valence-corrected chi connectivity index (χ3v) is 2.84. The summed E-state index contributed by atoms with van der Waals surface area (Å²) in [7, 11) is 0. The number of ether oxygens (including phenoxy) is 2. The Bertz CT molecular complexity index is 266. The first-order valence-electron chi connectivity index (χ1n) is 5.27. The minimum absolute atomic E-state index is 0.0291. The number of carbonyl (C=O) groups is 1. The number of nitrogens with one attached hydrogen (secondary N) is 1. The van der Waals surface area contributed by atoms with Crippen LogP contribution in [-0.4, -0.2) is 41.7 Å². The highest BCUT2D eigenvalue weighted by atomic mass is 16.7. The van der Waals surface area contributed by atoms with Gasteiger partial charge in [0.1, 0.15) is 6.10 Å². The fourth-order valence-electron chi connectivity index (χ4n) is 2.05. The van der Waals surface area contributed by atoms with E-state index in [1.165, 1.54) is 0 Å². The normalized spacial score (nSPS) is 40.2. The molecule has 0 spiro atoms. The molecule has 5 heteroatoms. The second-order valence-corrected chi connectivity index (χ2v) is 4.57. The molecule has 2 saturated heterocycles. The first-order valence-corrected chi connectivity index (χ1v) is 5.27. The highest BCUT2D eigenvalue weighted by Gasteiger charge is 2.42. The molecular formula is C10H17NO4. The Hall–Kier alpha value is -0.650. The topological polar surface area (TPSA) is 67.8 Å². The van der Waals surface area contributed by atoms with Gasteiger partial charge < -0.3 is 19.9 Å². The molecule has 0 unspecified atom stereocenters. The molecule has 3 atom stereocenters. The molecule has 2 aliphatic rings. The summed E-state index contributed by atoms with van der Waals surface area (Å²) >= 11 is 0. The van der Waals surface area contributed by atoms with Gasteiger partial charge in [-0.3, -0.25) is 4.79 Å². The van der Waals surface area contributed by atoms with Crippen LogP contribution in [0.4, 0.5) is 0 Å². The second-order valence-electron chi connectivity index (χ2n) is 4.57. The molecule has 2 rings (SSSR count). The standard InChI is InChI=1S/C10H17NO4/c1-10(2)14-5-7(15-10)9-6(12)3-4-8(13)11-9/h6-7,9,12H,3-5H2,1-2H3,(H,11,13)/t6-,7+,9+/m0/s1. The Balaban J connectivity index is 2.00. The third-order valence-electron chi connectivity index (χ3n) is 2.84. The van der Waals surface area contributed by atoms with Crippen molar-refractivity contribution in [2.45, 2.75) is 50.7 Å². The van der Waals surface area contributed by atoms with Crippen molar-refractivity contribution in [2.24, 2.45) is 0 Å². The van der Waals surface area contributed by atoms with Crippen molar-refractivity contribution in [3.8, 4) is 0 Å². The van der Waals surface area contributed by atoms with E-state index in [2.05, 4.69) is 5.32 Å². The van der Waals surface area contributed by atoms with Gasteiger partial charge in [-0.15, -0.1) is 0 Å². The number of hydrogen-bond acceptors (Lipinski definition) is 4. The van der Waals surface area contributed by atoms with Crippen LogP contribution in [0.15, 0.2) is 0 Å². The number of carbonyl (C=O) groups excluding carboxylic acids is 1. The highest BCUT2D eigenvalue weighted by molar-refractivity contribution is 5.77. The zero-order valence-corrected chi connectivity index (χ0v) is 9.03. The Morgan fingerprint density at radius 1 is 1.53 bits per heavy atom. The Labute approximate surface area is 88.7 Å². The minimum Gasteiger partial charge on any atom is -0.391 e. The molecule has 0 aromatic heterocycles. The van der Waals surface area contributed by atoms with Gasteiger partial charge in [0.25, 0.3) is 0 Å². The van der Waals surface area contributed by atoms with Gasteiger partial charge in [0.2, 0.25) is 5.91 Å². The van der Waals surface area contributed by atoms with Gasteiger partial charge in [0.05, 0.1) is 18.8 Å². The van der Waals surface area contributed by atoms with Crippen molar-refractivity contribution in [2.75, 3.05) is 6.61 Å². The summed E-state index contributed by atoms with van der Waals surface area (Å²) < 4.78 is 11.0. The maximum Gasteiger partial charge on any atom is 0.220 e. The van der Waals surface area contributed by atoms with E-state index in [0.717, 1.165) is 0 Å².